The first-order valence-electron chi connectivity index (χ1n) is 4.85. The van der Waals surface area contributed by atoms with Crippen LogP contribution in [0.15, 0.2) is 42.6 Å². The second kappa shape index (κ2) is 4.93. The van der Waals surface area contributed by atoms with Gasteiger partial charge in [-0.2, -0.15) is 0 Å². The number of hydrogen-bond donors (Lipinski definition) is 1. The topological polar surface area (TPSA) is 42.0 Å². The van der Waals surface area contributed by atoms with E-state index in [-0.39, 0.29) is 16.4 Å². The first-order valence-corrected chi connectivity index (χ1v) is 5.22. The van der Waals surface area contributed by atoms with E-state index in [9.17, 15) is 9.18 Å². The Balaban J connectivity index is 2.24. The summed E-state index contributed by atoms with van der Waals surface area (Å²) in [4.78, 5) is 15.6. The molecule has 0 saturated heterocycles. The zero-order chi connectivity index (χ0) is 12.3. The SMILES string of the molecule is O=C(Nc1ccccc1F)c1cccnc1Cl. The summed E-state index contributed by atoms with van der Waals surface area (Å²) in [6.45, 7) is 0. The van der Waals surface area contributed by atoms with Crippen LogP contribution in [-0.2, 0) is 0 Å². The van der Waals surface area contributed by atoms with Gasteiger partial charge in [-0.15, -0.1) is 0 Å². The number of amides is 1. The Morgan fingerprint density at radius 3 is 2.71 bits per heavy atom. The van der Waals surface area contributed by atoms with Gasteiger partial charge in [-0.3, -0.25) is 4.79 Å². The number of carbonyl (C=O) groups is 1. The molecule has 1 aromatic heterocycles. The van der Waals surface area contributed by atoms with Gasteiger partial charge >= 0.3 is 0 Å². The van der Waals surface area contributed by atoms with Crippen LogP contribution >= 0.6 is 11.6 Å². The summed E-state index contributed by atoms with van der Waals surface area (Å²) >= 11 is 5.76. The van der Waals surface area contributed by atoms with Crippen LogP contribution in [-0.4, -0.2) is 10.9 Å². The molecule has 1 N–H and O–H groups in total. The lowest BCUT2D eigenvalue weighted by atomic mass is 10.2. The number of benzene rings is 1. The van der Waals surface area contributed by atoms with Gasteiger partial charge in [-0.05, 0) is 24.3 Å². The molecule has 0 aliphatic rings. The molecule has 0 unspecified atom stereocenters. The number of aromatic nitrogens is 1. The van der Waals surface area contributed by atoms with Crippen molar-refractivity contribution in [2.75, 3.05) is 5.32 Å². The quantitative estimate of drug-likeness (QED) is 0.832. The van der Waals surface area contributed by atoms with Crippen molar-refractivity contribution in [2.45, 2.75) is 0 Å². The van der Waals surface area contributed by atoms with E-state index in [1.807, 2.05) is 0 Å². The lowest BCUT2D eigenvalue weighted by Crippen LogP contribution is -2.13. The molecule has 0 fully saturated rings. The van der Waals surface area contributed by atoms with Crippen LogP contribution in [0.1, 0.15) is 10.4 Å². The normalized spacial score (nSPS) is 10.0. The summed E-state index contributed by atoms with van der Waals surface area (Å²) < 4.78 is 13.3. The summed E-state index contributed by atoms with van der Waals surface area (Å²) in [5, 5.41) is 2.51. The number of rotatable bonds is 2. The van der Waals surface area contributed by atoms with Gasteiger partial charge in [0.15, 0.2) is 0 Å². The molecule has 0 spiro atoms. The highest BCUT2D eigenvalue weighted by Crippen LogP contribution is 2.16. The molecule has 0 radical (unpaired) electrons. The molecule has 3 nitrogen and oxygen atoms in total. The first kappa shape index (κ1) is 11.5. The van der Waals surface area contributed by atoms with Crippen LogP contribution in [0.2, 0.25) is 5.15 Å². The van der Waals surface area contributed by atoms with E-state index in [1.165, 1.54) is 24.4 Å². The second-order valence-corrected chi connectivity index (χ2v) is 3.63. The highest BCUT2D eigenvalue weighted by atomic mass is 35.5. The molecule has 17 heavy (non-hydrogen) atoms. The molecule has 0 saturated carbocycles. The van der Waals surface area contributed by atoms with Gasteiger partial charge in [-0.1, -0.05) is 23.7 Å². The minimum atomic E-state index is -0.499. The van der Waals surface area contributed by atoms with Crippen molar-refractivity contribution in [3.05, 3.63) is 59.1 Å². The van der Waals surface area contributed by atoms with Gasteiger partial charge in [0.1, 0.15) is 11.0 Å². The van der Waals surface area contributed by atoms with Crippen molar-refractivity contribution in [3.8, 4) is 0 Å². The number of nitrogens with zero attached hydrogens (tertiary/aromatic N) is 1. The molecule has 0 bridgehead atoms. The Bertz CT molecular complexity index is 560. The first-order chi connectivity index (χ1) is 8.18. The fourth-order valence-corrected chi connectivity index (χ4v) is 1.51. The minimum absolute atomic E-state index is 0.0846. The molecule has 2 aromatic rings. The fraction of sp³-hybridized carbons (Fsp3) is 0. The van der Waals surface area contributed by atoms with E-state index >= 15 is 0 Å². The molecular weight excluding hydrogens is 243 g/mol. The van der Waals surface area contributed by atoms with Gasteiger partial charge in [0.2, 0.25) is 0 Å². The monoisotopic (exact) mass is 250 g/mol. The van der Waals surface area contributed by atoms with Crippen LogP contribution < -0.4 is 5.32 Å². The summed E-state index contributed by atoms with van der Waals surface area (Å²) in [6.07, 6.45) is 1.47. The van der Waals surface area contributed by atoms with Crippen molar-refractivity contribution >= 4 is 23.2 Å². The Labute approximate surface area is 102 Å². The largest absolute Gasteiger partial charge is 0.319 e. The summed E-state index contributed by atoms with van der Waals surface area (Å²) in [5.74, 6) is -0.992. The Morgan fingerprint density at radius 2 is 2.00 bits per heavy atom. The number of para-hydroxylation sites is 1. The maximum absolute atomic E-state index is 13.3. The molecule has 2 rings (SSSR count). The average Bonchev–Trinajstić information content (AvgIpc) is 2.32. The standard InChI is InChI=1S/C12H8ClFN2O/c13-11-8(4-3-7-15-11)12(17)16-10-6-2-1-5-9(10)14/h1-7H,(H,16,17). The second-order valence-electron chi connectivity index (χ2n) is 3.28. The number of nitrogens with one attached hydrogen (secondary N) is 1. The van der Waals surface area contributed by atoms with Crippen LogP contribution in [0.25, 0.3) is 0 Å². The van der Waals surface area contributed by atoms with E-state index in [0.717, 1.165) is 0 Å². The van der Waals surface area contributed by atoms with Crippen molar-refractivity contribution < 1.29 is 9.18 Å². The lowest BCUT2D eigenvalue weighted by Gasteiger charge is -2.06. The zero-order valence-corrected chi connectivity index (χ0v) is 9.41. The molecule has 0 atom stereocenters. The molecule has 0 aliphatic heterocycles. The van der Waals surface area contributed by atoms with E-state index in [0.29, 0.717) is 0 Å². The Morgan fingerprint density at radius 1 is 1.24 bits per heavy atom. The van der Waals surface area contributed by atoms with Crippen molar-refractivity contribution in [1.82, 2.24) is 4.98 Å². The van der Waals surface area contributed by atoms with Crippen molar-refractivity contribution in [2.24, 2.45) is 0 Å². The summed E-state index contributed by atoms with van der Waals surface area (Å²) in [6, 6.07) is 9.01. The summed E-state index contributed by atoms with van der Waals surface area (Å²) in [5.41, 5.74) is 0.315. The van der Waals surface area contributed by atoms with Crippen LogP contribution in [0.4, 0.5) is 10.1 Å². The number of pyridine rings is 1. The van der Waals surface area contributed by atoms with E-state index in [4.69, 9.17) is 11.6 Å². The number of halogens is 2. The van der Waals surface area contributed by atoms with Crippen LogP contribution in [0.5, 0.6) is 0 Å². The number of hydrogen-bond acceptors (Lipinski definition) is 2. The fourth-order valence-electron chi connectivity index (χ4n) is 1.31. The van der Waals surface area contributed by atoms with Gasteiger partial charge < -0.3 is 5.32 Å². The van der Waals surface area contributed by atoms with E-state index < -0.39 is 11.7 Å². The highest BCUT2D eigenvalue weighted by Gasteiger charge is 2.12. The van der Waals surface area contributed by atoms with Gasteiger partial charge in [0.25, 0.3) is 5.91 Å². The molecule has 1 heterocycles. The highest BCUT2D eigenvalue weighted by molar-refractivity contribution is 6.33. The molecule has 5 heteroatoms. The minimum Gasteiger partial charge on any atom is -0.319 e. The van der Waals surface area contributed by atoms with E-state index in [1.54, 1.807) is 18.2 Å². The lowest BCUT2D eigenvalue weighted by molar-refractivity contribution is 0.102. The van der Waals surface area contributed by atoms with Crippen LogP contribution in [0.3, 0.4) is 0 Å². The average molecular weight is 251 g/mol. The molecular formula is C12H8ClFN2O. The predicted octanol–water partition coefficient (Wildman–Crippen LogP) is 3.13. The number of carbonyl (C=O) groups excluding carboxylic acids is 1. The van der Waals surface area contributed by atoms with Crippen molar-refractivity contribution in [1.29, 1.82) is 0 Å². The maximum Gasteiger partial charge on any atom is 0.258 e. The third-order valence-electron chi connectivity index (χ3n) is 2.13. The smallest absolute Gasteiger partial charge is 0.258 e. The molecule has 1 aromatic carbocycles. The maximum atomic E-state index is 13.3. The van der Waals surface area contributed by atoms with Crippen LogP contribution in [0, 0.1) is 5.82 Å². The Kier molecular flexibility index (Phi) is 3.35. The summed E-state index contributed by atoms with van der Waals surface area (Å²) in [7, 11) is 0. The molecule has 86 valence electrons. The Hall–Kier alpha value is -1.94. The van der Waals surface area contributed by atoms with Crippen molar-refractivity contribution in [3.63, 3.8) is 0 Å². The third kappa shape index (κ3) is 2.60. The zero-order valence-electron chi connectivity index (χ0n) is 8.65. The predicted molar refractivity (Wildman–Crippen MR) is 63.6 cm³/mol. The van der Waals surface area contributed by atoms with Gasteiger partial charge in [-0.25, -0.2) is 9.37 Å². The van der Waals surface area contributed by atoms with Gasteiger partial charge in [0, 0.05) is 6.20 Å². The number of anilines is 1. The van der Waals surface area contributed by atoms with E-state index in [2.05, 4.69) is 10.3 Å². The third-order valence-corrected chi connectivity index (χ3v) is 2.43. The molecule has 0 aliphatic carbocycles. The molecule has 1 amide bonds. The van der Waals surface area contributed by atoms with Gasteiger partial charge in [0.05, 0.1) is 11.3 Å².